The van der Waals surface area contributed by atoms with Crippen LogP contribution < -0.4 is 10.6 Å². The van der Waals surface area contributed by atoms with Gasteiger partial charge in [-0.25, -0.2) is 0 Å². The average Bonchev–Trinajstić information content (AvgIpc) is 2.35. The van der Waals surface area contributed by atoms with Crippen LogP contribution in [-0.2, 0) is 0 Å². The van der Waals surface area contributed by atoms with E-state index in [9.17, 15) is 0 Å². The highest BCUT2D eigenvalue weighted by atomic mass is 14.9. The molecule has 0 radical (unpaired) electrons. The van der Waals surface area contributed by atoms with E-state index in [1.54, 1.807) is 0 Å². The molecule has 0 amide bonds. The first kappa shape index (κ1) is 10.5. The summed E-state index contributed by atoms with van der Waals surface area (Å²) in [6.07, 6.45) is 13.1. The molecule has 1 saturated heterocycles. The summed E-state index contributed by atoms with van der Waals surface area (Å²) in [6.45, 7) is 5.61. The van der Waals surface area contributed by atoms with Gasteiger partial charge in [-0.2, -0.15) is 0 Å². The Labute approximate surface area is 92.1 Å². The Balaban J connectivity index is 2.22. The van der Waals surface area contributed by atoms with Crippen LogP contribution in [0.1, 0.15) is 19.8 Å². The highest BCUT2D eigenvalue weighted by Crippen LogP contribution is 2.36. The third-order valence-electron chi connectivity index (χ3n) is 3.62. The molecule has 2 N–H and O–H groups in total. The molecule has 82 valence electrons. The molecule has 1 spiro atoms. The molecule has 2 aliphatic rings. The SMILES string of the molecule is C\C1=C/C=C\C=C\NCC12CCNCC2. The van der Waals surface area contributed by atoms with Gasteiger partial charge in [0.2, 0.25) is 0 Å². The van der Waals surface area contributed by atoms with Gasteiger partial charge in [-0.15, -0.1) is 0 Å². The second kappa shape index (κ2) is 4.67. The largest absolute Gasteiger partial charge is 0.390 e. The van der Waals surface area contributed by atoms with Crippen molar-refractivity contribution >= 4 is 0 Å². The number of hydrogen-bond acceptors (Lipinski definition) is 2. The summed E-state index contributed by atoms with van der Waals surface area (Å²) >= 11 is 0. The van der Waals surface area contributed by atoms with Gasteiger partial charge in [0.25, 0.3) is 0 Å². The fraction of sp³-hybridized carbons (Fsp3) is 0.538. The molecule has 0 bridgehead atoms. The Kier molecular flexibility index (Phi) is 3.27. The molecule has 2 aliphatic heterocycles. The molecule has 0 atom stereocenters. The molecule has 0 aliphatic carbocycles. The normalized spacial score (nSPS) is 32.7. The van der Waals surface area contributed by atoms with Gasteiger partial charge in [-0.3, -0.25) is 0 Å². The Morgan fingerprint density at radius 2 is 1.93 bits per heavy atom. The zero-order valence-electron chi connectivity index (χ0n) is 9.42. The first-order valence-corrected chi connectivity index (χ1v) is 5.78. The lowest BCUT2D eigenvalue weighted by molar-refractivity contribution is 0.251. The maximum absolute atomic E-state index is 3.44. The molecule has 2 heteroatoms. The Morgan fingerprint density at radius 3 is 2.73 bits per heavy atom. The predicted octanol–water partition coefficient (Wildman–Crippen LogP) is 1.98. The van der Waals surface area contributed by atoms with Crippen molar-refractivity contribution in [2.75, 3.05) is 19.6 Å². The predicted molar refractivity (Wildman–Crippen MR) is 64.6 cm³/mol. The van der Waals surface area contributed by atoms with Crippen LogP contribution in [0.3, 0.4) is 0 Å². The van der Waals surface area contributed by atoms with Gasteiger partial charge in [0.1, 0.15) is 0 Å². The average molecular weight is 204 g/mol. The smallest absolute Gasteiger partial charge is 0.0236 e. The summed E-state index contributed by atoms with van der Waals surface area (Å²) in [4.78, 5) is 0. The molecular formula is C13H20N2. The number of nitrogens with one attached hydrogen (secondary N) is 2. The van der Waals surface area contributed by atoms with Crippen molar-refractivity contribution < 1.29 is 0 Å². The fourth-order valence-electron chi connectivity index (χ4n) is 2.43. The van der Waals surface area contributed by atoms with Gasteiger partial charge in [-0.1, -0.05) is 23.8 Å². The van der Waals surface area contributed by atoms with Gasteiger partial charge in [-0.05, 0) is 45.1 Å². The second-order valence-corrected chi connectivity index (χ2v) is 4.50. The molecule has 2 nitrogen and oxygen atoms in total. The highest BCUT2D eigenvalue weighted by molar-refractivity contribution is 5.23. The first-order chi connectivity index (χ1) is 7.33. The quantitative estimate of drug-likeness (QED) is 0.630. The van der Waals surface area contributed by atoms with E-state index >= 15 is 0 Å². The Hall–Kier alpha value is -1.02. The van der Waals surface area contributed by atoms with Gasteiger partial charge < -0.3 is 10.6 Å². The van der Waals surface area contributed by atoms with E-state index in [0.717, 1.165) is 19.6 Å². The van der Waals surface area contributed by atoms with Gasteiger partial charge in [0.15, 0.2) is 0 Å². The van der Waals surface area contributed by atoms with E-state index in [4.69, 9.17) is 0 Å². The molecular weight excluding hydrogens is 184 g/mol. The van der Waals surface area contributed by atoms with Crippen LogP contribution in [0, 0.1) is 5.41 Å². The summed E-state index contributed by atoms with van der Waals surface area (Å²) in [7, 11) is 0. The molecule has 0 aromatic carbocycles. The fourth-order valence-corrected chi connectivity index (χ4v) is 2.43. The van der Waals surface area contributed by atoms with E-state index in [0.29, 0.717) is 5.41 Å². The number of allylic oxidation sites excluding steroid dienone is 4. The van der Waals surface area contributed by atoms with Crippen LogP contribution in [0.15, 0.2) is 36.1 Å². The summed E-state index contributed by atoms with van der Waals surface area (Å²) in [5.74, 6) is 0. The van der Waals surface area contributed by atoms with Gasteiger partial charge >= 0.3 is 0 Å². The molecule has 2 heterocycles. The summed E-state index contributed by atoms with van der Waals surface area (Å²) < 4.78 is 0. The minimum atomic E-state index is 0.365. The zero-order valence-corrected chi connectivity index (χ0v) is 9.42. The Bertz CT molecular complexity index is 294. The van der Waals surface area contributed by atoms with Crippen LogP contribution in [0.25, 0.3) is 0 Å². The number of rotatable bonds is 0. The lowest BCUT2D eigenvalue weighted by Gasteiger charge is -2.38. The monoisotopic (exact) mass is 204 g/mol. The molecule has 0 aromatic heterocycles. The molecule has 0 unspecified atom stereocenters. The van der Waals surface area contributed by atoms with Crippen molar-refractivity contribution in [3.8, 4) is 0 Å². The van der Waals surface area contributed by atoms with Crippen LogP contribution in [0.4, 0.5) is 0 Å². The van der Waals surface area contributed by atoms with Crippen LogP contribution in [0.5, 0.6) is 0 Å². The second-order valence-electron chi connectivity index (χ2n) is 4.50. The van der Waals surface area contributed by atoms with E-state index in [2.05, 4.69) is 41.9 Å². The minimum absolute atomic E-state index is 0.365. The number of hydrogen-bond donors (Lipinski definition) is 2. The topological polar surface area (TPSA) is 24.1 Å². The van der Waals surface area contributed by atoms with Crippen LogP contribution in [0.2, 0.25) is 0 Å². The van der Waals surface area contributed by atoms with E-state index < -0.39 is 0 Å². The van der Waals surface area contributed by atoms with Crippen molar-refractivity contribution in [3.05, 3.63) is 36.1 Å². The van der Waals surface area contributed by atoms with Crippen LogP contribution in [-0.4, -0.2) is 19.6 Å². The molecule has 0 aromatic rings. The van der Waals surface area contributed by atoms with Gasteiger partial charge in [0, 0.05) is 12.0 Å². The lowest BCUT2D eigenvalue weighted by atomic mass is 9.73. The minimum Gasteiger partial charge on any atom is -0.390 e. The summed E-state index contributed by atoms with van der Waals surface area (Å²) in [5, 5.41) is 6.86. The van der Waals surface area contributed by atoms with Crippen molar-refractivity contribution in [1.29, 1.82) is 0 Å². The third kappa shape index (κ3) is 2.32. The van der Waals surface area contributed by atoms with E-state index in [1.165, 1.54) is 18.4 Å². The lowest BCUT2D eigenvalue weighted by Crippen LogP contribution is -2.43. The zero-order chi connectivity index (χ0) is 10.6. The van der Waals surface area contributed by atoms with Crippen molar-refractivity contribution in [2.45, 2.75) is 19.8 Å². The van der Waals surface area contributed by atoms with E-state index in [-0.39, 0.29) is 0 Å². The molecule has 1 fully saturated rings. The molecule has 0 saturated carbocycles. The Morgan fingerprint density at radius 1 is 1.13 bits per heavy atom. The maximum Gasteiger partial charge on any atom is 0.0236 e. The molecule has 2 rings (SSSR count). The third-order valence-corrected chi connectivity index (χ3v) is 3.62. The van der Waals surface area contributed by atoms with E-state index in [1.807, 2.05) is 6.20 Å². The maximum atomic E-state index is 3.44. The van der Waals surface area contributed by atoms with Crippen molar-refractivity contribution in [2.24, 2.45) is 5.41 Å². The number of piperidine rings is 1. The highest BCUT2D eigenvalue weighted by Gasteiger charge is 2.32. The summed E-state index contributed by atoms with van der Waals surface area (Å²) in [5.41, 5.74) is 1.88. The molecule has 15 heavy (non-hydrogen) atoms. The van der Waals surface area contributed by atoms with Crippen LogP contribution >= 0.6 is 0 Å². The summed E-state index contributed by atoms with van der Waals surface area (Å²) in [6, 6.07) is 0. The first-order valence-electron chi connectivity index (χ1n) is 5.78. The van der Waals surface area contributed by atoms with Crippen molar-refractivity contribution in [3.63, 3.8) is 0 Å². The van der Waals surface area contributed by atoms with Gasteiger partial charge in [0.05, 0.1) is 0 Å². The van der Waals surface area contributed by atoms with Crippen molar-refractivity contribution in [1.82, 2.24) is 10.6 Å². The standard InChI is InChI=1S/C13H20N2/c1-12-5-3-2-4-8-15-11-13(12)6-9-14-10-7-13/h2-5,8,14-15H,6-7,9-11H2,1H3/b3-2-,8-4+,12-5+.